The van der Waals surface area contributed by atoms with Crippen LogP contribution in [-0.2, 0) is 6.54 Å². The predicted molar refractivity (Wildman–Crippen MR) is 71.6 cm³/mol. The molecule has 0 saturated heterocycles. The molecule has 1 heterocycles. The van der Waals surface area contributed by atoms with Gasteiger partial charge in [-0.3, -0.25) is 0 Å². The minimum absolute atomic E-state index is 0.185. The Labute approximate surface area is 109 Å². The van der Waals surface area contributed by atoms with Crippen molar-refractivity contribution in [1.82, 2.24) is 15.3 Å². The van der Waals surface area contributed by atoms with Gasteiger partial charge in [0.25, 0.3) is 0 Å². The summed E-state index contributed by atoms with van der Waals surface area (Å²) in [5, 5.41) is 3.47. The summed E-state index contributed by atoms with van der Waals surface area (Å²) < 4.78 is 5.69. The lowest BCUT2D eigenvalue weighted by Crippen LogP contribution is -2.18. The zero-order valence-electron chi connectivity index (χ0n) is 11.6. The van der Waals surface area contributed by atoms with Crippen LogP contribution in [0.3, 0.4) is 0 Å². The van der Waals surface area contributed by atoms with Gasteiger partial charge in [0, 0.05) is 30.0 Å². The second-order valence-electron chi connectivity index (χ2n) is 5.14. The highest BCUT2D eigenvalue weighted by molar-refractivity contribution is 5.18. The fourth-order valence-corrected chi connectivity index (χ4v) is 1.89. The van der Waals surface area contributed by atoms with Gasteiger partial charge in [-0.05, 0) is 33.1 Å². The van der Waals surface area contributed by atoms with E-state index in [1.54, 1.807) is 0 Å². The summed E-state index contributed by atoms with van der Waals surface area (Å²) in [6.45, 7) is 7.09. The summed E-state index contributed by atoms with van der Waals surface area (Å²) in [6.07, 6.45) is 6.82. The van der Waals surface area contributed by atoms with Gasteiger partial charge >= 0.3 is 6.01 Å². The monoisotopic (exact) mass is 249 g/mol. The van der Waals surface area contributed by atoms with Crippen molar-refractivity contribution < 1.29 is 4.74 Å². The lowest BCUT2D eigenvalue weighted by atomic mass is 10.2. The molecule has 1 fully saturated rings. The Morgan fingerprint density at radius 1 is 1.50 bits per heavy atom. The molecule has 0 amide bonds. The van der Waals surface area contributed by atoms with E-state index in [0.29, 0.717) is 12.1 Å². The Morgan fingerprint density at radius 2 is 2.28 bits per heavy atom. The van der Waals surface area contributed by atoms with Crippen molar-refractivity contribution in [3.8, 4) is 6.01 Å². The summed E-state index contributed by atoms with van der Waals surface area (Å²) >= 11 is 0. The maximum absolute atomic E-state index is 5.69. The molecule has 1 aliphatic carbocycles. The molecule has 0 aliphatic heterocycles. The Bertz CT molecular complexity index is 391. The first-order valence-electron chi connectivity index (χ1n) is 6.91. The van der Waals surface area contributed by atoms with Crippen LogP contribution in [0.5, 0.6) is 6.01 Å². The number of hydrogen-bond donors (Lipinski definition) is 1. The van der Waals surface area contributed by atoms with Crippen molar-refractivity contribution in [3.05, 3.63) is 17.5 Å². The molecule has 0 radical (unpaired) electrons. The zero-order chi connectivity index (χ0) is 13.0. The Balaban J connectivity index is 1.90. The molecule has 18 heavy (non-hydrogen) atoms. The third kappa shape index (κ3) is 3.95. The highest BCUT2D eigenvalue weighted by Gasteiger charge is 2.20. The molecule has 0 aromatic carbocycles. The van der Waals surface area contributed by atoms with Gasteiger partial charge in [-0.1, -0.05) is 13.3 Å². The van der Waals surface area contributed by atoms with Gasteiger partial charge < -0.3 is 10.1 Å². The third-order valence-electron chi connectivity index (χ3n) is 3.22. The lowest BCUT2D eigenvalue weighted by Gasteiger charge is -2.13. The van der Waals surface area contributed by atoms with E-state index >= 15 is 0 Å². The van der Waals surface area contributed by atoms with Gasteiger partial charge in [-0.25, -0.2) is 9.97 Å². The third-order valence-corrected chi connectivity index (χ3v) is 3.22. The van der Waals surface area contributed by atoms with Crippen molar-refractivity contribution in [2.24, 2.45) is 0 Å². The molecule has 0 spiro atoms. The molecule has 1 aromatic rings. The first-order chi connectivity index (χ1) is 8.69. The van der Waals surface area contributed by atoms with Crippen LogP contribution in [0.25, 0.3) is 0 Å². The molecule has 100 valence electrons. The topological polar surface area (TPSA) is 47.0 Å². The molecule has 1 unspecified atom stereocenters. The molecule has 1 aliphatic rings. The van der Waals surface area contributed by atoms with E-state index < -0.39 is 0 Å². The lowest BCUT2D eigenvalue weighted by molar-refractivity contribution is 0.192. The van der Waals surface area contributed by atoms with Crippen molar-refractivity contribution in [2.75, 3.05) is 0 Å². The number of hydrogen-bond acceptors (Lipinski definition) is 4. The summed E-state index contributed by atoms with van der Waals surface area (Å²) in [5.41, 5.74) is 2.18. The van der Waals surface area contributed by atoms with E-state index in [1.165, 1.54) is 12.8 Å². The van der Waals surface area contributed by atoms with Crippen LogP contribution in [0.2, 0.25) is 0 Å². The first-order valence-corrected chi connectivity index (χ1v) is 6.91. The summed E-state index contributed by atoms with van der Waals surface area (Å²) in [6, 6.07) is 1.22. The normalized spacial score (nSPS) is 16.6. The molecule has 2 rings (SSSR count). The van der Waals surface area contributed by atoms with Gasteiger partial charge in [0.05, 0.1) is 6.10 Å². The van der Waals surface area contributed by atoms with Crippen LogP contribution >= 0.6 is 0 Å². The Hall–Kier alpha value is -1.16. The van der Waals surface area contributed by atoms with Gasteiger partial charge in [-0.15, -0.1) is 0 Å². The minimum Gasteiger partial charge on any atom is -0.460 e. The summed E-state index contributed by atoms with van der Waals surface area (Å²) in [4.78, 5) is 8.71. The maximum atomic E-state index is 5.69. The smallest absolute Gasteiger partial charge is 0.316 e. The quantitative estimate of drug-likeness (QED) is 0.807. The van der Waals surface area contributed by atoms with E-state index in [9.17, 15) is 0 Å². The highest BCUT2D eigenvalue weighted by atomic mass is 16.5. The number of ether oxygens (including phenoxy) is 1. The fraction of sp³-hybridized carbons (Fsp3) is 0.714. The number of nitrogens with one attached hydrogen (secondary N) is 1. The fourth-order valence-electron chi connectivity index (χ4n) is 1.89. The van der Waals surface area contributed by atoms with Gasteiger partial charge in [0.2, 0.25) is 0 Å². The average molecular weight is 249 g/mol. The molecule has 0 bridgehead atoms. The second-order valence-corrected chi connectivity index (χ2v) is 5.14. The van der Waals surface area contributed by atoms with Crippen LogP contribution in [0.4, 0.5) is 0 Å². The molecule has 4 heteroatoms. The molecule has 1 atom stereocenters. The average Bonchev–Trinajstić information content (AvgIpc) is 3.12. The standard InChI is InChI=1S/C14H23N3O/c1-4-5-10(2)18-14-16-9-12(11(3)17-14)8-15-13-6-7-13/h9-10,13,15H,4-8H2,1-3H3. The maximum Gasteiger partial charge on any atom is 0.316 e. The molecular formula is C14H23N3O. The first kappa shape index (κ1) is 13.3. The second kappa shape index (κ2) is 6.14. The molecular weight excluding hydrogens is 226 g/mol. The van der Waals surface area contributed by atoms with Crippen molar-refractivity contribution in [2.45, 2.75) is 65.1 Å². The Morgan fingerprint density at radius 3 is 2.89 bits per heavy atom. The van der Waals surface area contributed by atoms with E-state index in [4.69, 9.17) is 4.74 Å². The minimum atomic E-state index is 0.185. The SMILES string of the molecule is CCCC(C)Oc1ncc(CNC2CC2)c(C)n1. The van der Waals surface area contributed by atoms with Crippen molar-refractivity contribution in [1.29, 1.82) is 0 Å². The van der Waals surface area contributed by atoms with Crippen molar-refractivity contribution in [3.63, 3.8) is 0 Å². The van der Waals surface area contributed by atoms with Crippen molar-refractivity contribution >= 4 is 0 Å². The van der Waals surface area contributed by atoms with E-state index in [2.05, 4.69) is 29.1 Å². The van der Waals surface area contributed by atoms with Crippen LogP contribution in [-0.4, -0.2) is 22.1 Å². The van der Waals surface area contributed by atoms with Crippen LogP contribution in [0, 0.1) is 6.92 Å². The van der Waals surface area contributed by atoms with Crippen LogP contribution < -0.4 is 10.1 Å². The van der Waals surface area contributed by atoms with Gasteiger partial charge in [0.15, 0.2) is 0 Å². The predicted octanol–water partition coefficient (Wildman–Crippen LogP) is 2.60. The van der Waals surface area contributed by atoms with Gasteiger partial charge in [0.1, 0.15) is 0 Å². The van der Waals surface area contributed by atoms with Gasteiger partial charge in [-0.2, -0.15) is 0 Å². The van der Waals surface area contributed by atoms with E-state index in [0.717, 1.165) is 30.6 Å². The molecule has 1 N–H and O–H groups in total. The number of rotatable bonds is 7. The van der Waals surface area contributed by atoms with Crippen LogP contribution in [0.15, 0.2) is 6.20 Å². The largest absolute Gasteiger partial charge is 0.460 e. The highest BCUT2D eigenvalue weighted by Crippen LogP contribution is 2.20. The summed E-state index contributed by atoms with van der Waals surface area (Å²) in [5.74, 6) is 0. The summed E-state index contributed by atoms with van der Waals surface area (Å²) in [7, 11) is 0. The molecule has 1 aromatic heterocycles. The van der Waals surface area contributed by atoms with E-state index in [1.807, 2.05) is 13.1 Å². The number of nitrogens with zero attached hydrogens (tertiary/aromatic N) is 2. The molecule has 1 saturated carbocycles. The Kier molecular flexibility index (Phi) is 4.53. The van der Waals surface area contributed by atoms with Crippen LogP contribution in [0.1, 0.15) is 50.8 Å². The molecule has 4 nitrogen and oxygen atoms in total. The van der Waals surface area contributed by atoms with E-state index in [-0.39, 0.29) is 6.10 Å². The number of aryl methyl sites for hydroxylation is 1. The zero-order valence-corrected chi connectivity index (χ0v) is 11.6. The number of aromatic nitrogens is 2.